The number of nitrogens with zero attached hydrogens (tertiary/aromatic N) is 1. The molecule has 24 heavy (non-hydrogen) atoms. The van der Waals surface area contributed by atoms with Gasteiger partial charge in [0.1, 0.15) is 6.04 Å². The maximum atomic E-state index is 12.5. The van der Waals surface area contributed by atoms with Gasteiger partial charge >= 0.3 is 0 Å². The summed E-state index contributed by atoms with van der Waals surface area (Å²) in [5.41, 5.74) is 8.13. The Morgan fingerprint density at radius 1 is 1.33 bits per heavy atom. The van der Waals surface area contributed by atoms with E-state index in [9.17, 15) is 14.4 Å². The molecule has 8 heteroatoms. The third-order valence-corrected chi connectivity index (χ3v) is 3.43. The highest BCUT2D eigenvalue weighted by Gasteiger charge is 2.28. The van der Waals surface area contributed by atoms with E-state index in [1.165, 1.54) is 0 Å². The number of amides is 3. The Morgan fingerprint density at radius 2 is 2.04 bits per heavy atom. The summed E-state index contributed by atoms with van der Waals surface area (Å²) in [4.78, 5) is 35.4. The molecule has 1 aromatic rings. The normalized spacial score (nSPS) is 17.9. The fourth-order valence-corrected chi connectivity index (χ4v) is 2.39. The molecule has 1 heterocycles. The zero-order chi connectivity index (χ0) is 17.9. The van der Waals surface area contributed by atoms with Crippen molar-refractivity contribution in [2.45, 2.75) is 45.2 Å². The Labute approximate surface area is 139 Å². The van der Waals surface area contributed by atoms with Gasteiger partial charge in [0.15, 0.2) is 0 Å². The van der Waals surface area contributed by atoms with Gasteiger partial charge in [0.2, 0.25) is 11.8 Å². The average molecular weight is 331 g/mol. The monoisotopic (exact) mass is 331 g/mol. The molecule has 3 amide bonds. The Balaban J connectivity index is 2.20. The molecule has 0 bridgehead atoms. The topological polar surface area (TPSA) is 124 Å². The van der Waals surface area contributed by atoms with Crippen LogP contribution in [0.3, 0.4) is 0 Å². The number of nitrogens with one attached hydrogen (secondary N) is 4. The van der Waals surface area contributed by atoms with Crippen molar-refractivity contribution in [2.24, 2.45) is 5.11 Å². The second-order valence-corrected chi connectivity index (χ2v) is 6.70. The number of piperidine rings is 1. The molecule has 1 atom stereocenters. The molecule has 1 aliphatic rings. The molecule has 0 saturated carbocycles. The molecule has 0 aromatic heterocycles. The third-order valence-electron chi connectivity index (χ3n) is 3.43. The number of rotatable bonds is 4. The second-order valence-electron chi connectivity index (χ2n) is 6.70. The van der Waals surface area contributed by atoms with Crippen molar-refractivity contribution in [3.05, 3.63) is 23.8 Å². The third kappa shape index (κ3) is 4.37. The summed E-state index contributed by atoms with van der Waals surface area (Å²) >= 11 is 0. The SMILES string of the molecule is CC(C)(C)Nc1ccc(N=N)c(C(=O)NC2CCC(=O)NC2=O)c1. The van der Waals surface area contributed by atoms with Crippen LogP contribution in [0.2, 0.25) is 0 Å². The van der Waals surface area contributed by atoms with Gasteiger partial charge in [-0.3, -0.25) is 19.7 Å². The van der Waals surface area contributed by atoms with Crippen LogP contribution in [-0.2, 0) is 9.59 Å². The second kappa shape index (κ2) is 6.77. The van der Waals surface area contributed by atoms with Gasteiger partial charge < -0.3 is 10.6 Å². The van der Waals surface area contributed by atoms with E-state index in [0.717, 1.165) is 0 Å². The number of carbonyl (C=O) groups excluding carboxylic acids is 3. The summed E-state index contributed by atoms with van der Waals surface area (Å²) in [6.45, 7) is 5.96. The molecule has 1 aromatic carbocycles. The molecule has 2 rings (SSSR count). The van der Waals surface area contributed by atoms with E-state index in [1.807, 2.05) is 20.8 Å². The van der Waals surface area contributed by atoms with Gasteiger partial charge in [-0.2, -0.15) is 5.11 Å². The zero-order valence-electron chi connectivity index (χ0n) is 13.9. The molecule has 0 spiro atoms. The maximum Gasteiger partial charge on any atom is 0.254 e. The summed E-state index contributed by atoms with van der Waals surface area (Å²) < 4.78 is 0. The van der Waals surface area contributed by atoms with Crippen LogP contribution in [0.5, 0.6) is 0 Å². The van der Waals surface area contributed by atoms with E-state index < -0.39 is 17.9 Å². The molecule has 1 unspecified atom stereocenters. The van der Waals surface area contributed by atoms with E-state index in [4.69, 9.17) is 5.53 Å². The van der Waals surface area contributed by atoms with Crippen molar-refractivity contribution in [1.82, 2.24) is 10.6 Å². The summed E-state index contributed by atoms with van der Waals surface area (Å²) in [5, 5.41) is 11.4. The zero-order valence-corrected chi connectivity index (χ0v) is 13.9. The van der Waals surface area contributed by atoms with Gasteiger partial charge in [-0.05, 0) is 45.4 Å². The first kappa shape index (κ1) is 17.6. The van der Waals surface area contributed by atoms with Gasteiger partial charge in [0.05, 0.1) is 11.3 Å². The van der Waals surface area contributed by atoms with Crippen LogP contribution in [0.1, 0.15) is 44.0 Å². The van der Waals surface area contributed by atoms with Gasteiger partial charge in [-0.15, -0.1) is 0 Å². The summed E-state index contributed by atoms with van der Waals surface area (Å²) in [6.07, 6.45) is 0.432. The molecule has 0 radical (unpaired) electrons. The Hall–Kier alpha value is -2.77. The largest absolute Gasteiger partial charge is 0.380 e. The van der Waals surface area contributed by atoms with Crippen molar-refractivity contribution in [3.63, 3.8) is 0 Å². The number of anilines is 1. The van der Waals surface area contributed by atoms with E-state index in [0.29, 0.717) is 5.69 Å². The molecule has 128 valence electrons. The lowest BCUT2D eigenvalue weighted by Gasteiger charge is -2.24. The molecule has 1 saturated heterocycles. The van der Waals surface area contributed by atoms with Crippen molar-refractivity contribution in [1.29, 1.82) is 5.53 Å². The summed E-state index contributed by atoms with van der Waals surface area (Å²) in [6, 6.07) is 4.13. The Morgan fingerprint density at radius 3 is 2.62 bits per heavy atom. The van der Waals surface area contributed by atoms with Crippen LogP contribution in [0.25, 0.3) is 0 Å². The van der Waals surface area contributed by atoms with Crippen molar-refractivity contribution < 1.29 is 14.4 Å². The minimum Gasteiger partial charge on any atom is -0.380 e. The number of hydrogen-bond acceptors (Lipinski definition) is 6. The standard InChI is InChI=1S/C16H21N5O3/c1-16(2,3)20-9-4-5-11(21-17)10(8-9)14(23)18-12-6-7-13(22)19-15(12)24/h4-5,8,12,17,20H,6-7H2,1-3H3,(H,18,23)(H,19,22,24). The van der Waals surface area contributed by atoms with Crippen LogP contribution < -0.4 is 16.0 Å². The lowest BCUT2D eigenvalue weighted by Crippen LogP contribution is -2.52. The van der Waals surface area contributed by atoms with E-state index in [2.05, 4.69) is 21.1 Å². The lowest BCUT2D eigenvalue weighted by molar-refractivity contribution is -0.134. The first-order valence-electron chi connectivity index (χ1n) is 7.64. The first-order chi connectivity index (χ1) is 11.2. The molecular weight excluding hydrogens is 310 g/mol. The predicted molar refractivity (Wildman–Crippen MR) is 88.3 cm³/mol. The van der Waals surface area contributed by atoms with Gasteiger partial charge in [-0.1, -0.05) is 0 Å². The minimum absolute atomic E-state index is 0.179. The number of carbonyl (C=O) groups is 3. The maximum absolute atomic E-state index is 12.5. The fourth-order valence-electron chi connectivity index (χ4n) is 2.39. The molecule has 8 nitrogen and oxygen atoms in total. The predicted octanol–water partition coefficient (Wildman–Crippen LogP) is 2.09. The molecular formula is C16H21N5O3. The van der Waals surface area contributed by atoms with Crippen molar-refractivity contribution in [2.75, 3.05) is 5.32 Å². The highest BCUT2D eigenvalue weighted by Crippen LogP contribution is 2.25. The Kier molecular flexibility index (Phi) is 4.96. The van der Waals surface area contributed by atoms with Gasteiger partial charge in [-0.25, -0.2) is 5.53 Å². The quantitative estimate of drug-likeness (QED) is 0.498. The van der Waals surface area contributed by atoms with Gasteiger partial charge in [0, 0.05) is 17.6 Å². The van der Waals surface area contributed by atoms with Crippen LogP contribution in [0.4, 0.5) is 11.4 Å². The highest BCUT2D eigenvalue weighted by atomic mass is 16.2. The van der Waals surface area contributed by atoms with E-state index in [-0.39, 0.29) is 35.5 Å². The van der Waals surface area contributed by atoms with E-state index in [1.54, 1.807) is 18.2 Å². The average Bonchev–Trinajstić information content (AvgIpc) is 2.48. The Bertz CT molecular complexity index is 693. The van der Waals surface area contributed by atoms with Crippen molar-refractivity contribution >= 4 is 29.1 Å². The van der Waals surface area contributed by atoms with Gasteiger partial charge in [0.25, 0.3) is 5.91 Å². The lowest BCUT2D eigenvalue weighted by atomic mass is 10.0. The molecule has 1 aliphatic heterocycles. The fraction of sp³-hybridized carbons (Fsp3) is 0.438. The molecule has 1 fully saturated rings. The summed E-state index contributed by atoms with van der Waals surface area (Å²) in [7, 11) is 0. The number of hydrogen-bond donors (Lipinski definition) is 4. The molecule has 0 aliphatic carbocycles. The minimum atomic E-state index is -0.770. The van der Waals surface area contributed by atoms with Crippen LogP contribution in [0.15, 0.2) is 23.3 Å². The smallest absolute Gasteiger partial charge is 0.254 e. The first-order valence-corrected chi connectivity index (χ1v) is 7.64. The van der Waals surface area contributed by atoms with Crippen molar-refractivity contribution in [3.8, 4) is 0 Å². The van der Waals surface area contributed by atoms with E-state index >= 15 is 0 Å². The van der Waals surface area contributed by atoms with Crippen LogP contribution in [-0.4, -0.2) is 29.3 Å². The van der Waals surface area contributed by atoms with Crippen LogP contribution >= 0.6 is 0 Å². The molecule has 4 N–H and O–H groups in total. The summed E-state index contributed by atoms with van der Waals surface area (Å²) in [5.74, 6) is -1.37. The number of benzene rings is 1. The highest BCUT2D eigenvalue weighted by molar-refractivity contribution is 6.05. The van der Waals surface area contributed by atoms with Crippen LogP contribution in [0, 0.1) is 5.53 Å². The number of imide groups is 1.